The highest BCUT2D eigenvalue weighted by molar-refractivity contribution is 5.39. The average Bonchev–Trinajstić information content (AvgIpc) is 2.28. The van der Waals surface area contributed by atoms with Crippen LogP contribution < -0.4 is 9.47 Å². The van der Waals surface area contributed by atoms with Crippen molar-refractivity contribution < 1.29 is 14.6 Å². The Hall–Kier alpha value is -1.22. The summed E-state index contributed by atoms with van der Waals surface area (Å²) >= 11 is 0. The van der Waals surface area contributed by atoms with E-state index in [9.17, 15) is 5.11 Å². The molecule has 0 heterocycles. The molecular formula is C14H22O3. The zero-order valence-electron chi connectivity index (χ0n) is 11.1. The summed E-state index contributed by atoms with van der Waals surface area (Å²) in [5.74, 6) is 1.54. The van der Waals surface area contributed by atoms with Crippen molar-refractivity contribution in [2.24, 2.45) is 11.3 Å². The van der Waals surface area contributed by atoms with E-state index in [0.29, 0.717) is 6.61 Å². The average molecular weight is 238 g/mol. The van der Waals surface area contributed by atoms with Gasteiger partial charge in [0.1, 0.15) is 0 Å². The van der Waals surface area contributed by atoms with Gasteiger partial charge in [-0.1, -0.05) is 32.9 Å². The van der Waals surface area contributed by atoms with Gasteiger partial charge in [0, 0.05) is 12.5 Å². The van der Waals surface area contributed by atoms with E-state index in [1.165, 1.54) is 0 Å². The summed E-state index contributed by atoms with van der Waals surface area (Å²) in [5, 5.41) is 9.35. The van der Waals surface area contributed by atoms with Crippen LogP contribution >= 0.6 is 0 Å². The predicted octanol–water partition coefficient (Wildman–Crippen LogP) is 2.73. The van der Waals surface area contributed by atoms with Crippen LogP contribution in [-0.2, 0) is 0 Å². The lowest BCUT2D eigenvalue weighted by molar-refractivity contribution is 0.0805. The number of hydrogen-bond donors (Lipinski definition) is 1. The van der Waals surface area contributed by atoms with Crippen LogP contribution in [0.2, 0.25) is 0 Å². The third kappa shape index (κ3) is 3.93. The van der Waals surface area contributed by atoms with Crippen molar-refractivity contribution in [1.29, 1.82) is 0 Å². The highest BCUT2D eigenvalue weighted by Gasteiger charge is 2.24. The maximum absolute atomic E-state index is 9.35. The summed E-state index contributed by atoms with van der Waals surface area (Å²) in [6.07, 6.45) is 0. The molecule has 0 aliphatic carbocycles. The third-order valence-electron chi connectivity index (χ3n) is 2.95. The van der Waals surface area contributed by atoms with Crippen LogP contribution in [0.3, 0.4) is 0 Å². The molecule has 0 radical (unpaired) electrons. The lowest BCUT2D eigenvalue weighted by atomic mass is 9.82. The fourth-order valence-corrected chi connectivity index (χ4v) is 1.50. The van der Waals surface area contributed by atoms with Crippen molar-refractivity contribution >= 4 is 0 Å². The number of hydrogen-bond acceptors (Lipinski definition) is 3. The van der Waals surface area contributed by atoms with Gasteiger partial charge in [-0.15, -0.1) is 0 Å². The van der Waals surface area contributed by atoms with E-state index in [-0.39, 0.29) is 17.9 Å². The zero-order chi connectivity index (χ0) is 12.9. The summed E-state index contributed by atoms with van der Waals surface area (Å²) in [6.45, 7) is 6.90. The smallest absolute Gasteiger partial charge is 0.161 e. The summed E-state index contributed by atoms with van der Waals surface area (Å²) in [4.78, 5) is 0. The fraction of sp³-hybridized carbons (Fsp3) is 0.571. The lowest BCUT2D eigenvalue weighted by Gasteiger charge is -2.29. The molecule has 0 saturated heterocycles. The van der Waals surface area contributed by atoms with E-state index < -0.39 is 0 Å². The molecule has 96 valence electrons. The van der Waals surface area contributed by atoms with Crippen molar-refractivity contribution in [3.05, 3.63) is 24.3 Å². The van der Waals surface area contributed by atoms with Gasteiger partial charge >= 0.3 is 0 Å². The molecule has 0 saturated carbocycles. The third-order valence-corrected chi connectivity index (χ3v) is 2.95. The van der Waals surface area contributed by atoms with Gasteiger partial charge in [-0.2, -0.15) is 0 Å². The van der Waals surface area contributed by atoms with Crippen LogP contribution in [0, 0.1) is 11.3 Å². The Kier molecular flexibility index (Phi) is 4.82. The van der Waals surface area contributed by atoms with Crippen molar-refractivity contribution in [2.45, 2.75) is 20.8 Å². The summed E-state index contributed by atoms with van der Waals surface area (Å²) in [6, 6.07) is 7.54. The number of aliphatic hydroxyl groups excluding tert-OH is 1. The van der Waals surface area contributed by atoms with Gasteiger partial charge in [0.25, 0.3) is 0 Å². The Morgan fingerprint density at radius 1 is 1.18 bits per heavy atom. The minimum atomic E-state index is 0.0246. The lowest BCUT2D eigenvalue weighted by Crippen LogP contribution is -2.29. The van der Waals surface area contributed by atoms with Crippen LogP contribution in [0.5, 0.6) is 11.5 Å². The first-order valence-corrected chi connectivity index (χ1v) is 5.85. The number of benzene rings is 1. The van der Waals surface area contributed by atoms with Crippen LogP contribution in [-0.4, -0.2) is 25.4 Å². The monoisotopic (exact) mass is 238 g/mol. The molecule has 0 spiro atoms. The van der Waals surface area contributed by atoms with E-state index in [1.807, 2.05) is 24.3 Å². The number of para-hydroxylation sites is 2. The second-order valence-corrected chi connectivity index (χ2v) is 5.21. The van der Waals surface area contributed by atoms with Gasteiger partial charge in [-0.05, 0) is 17.5 Å². The standard InChI is InChI=1S/C14H22O3/c1-14(2,3)11(9-15)10-17-13-8-6-5-7-12(13)16-4/h5-8,11,15H,9-10H2,1-4H3. The Labute approximate surface area is 103 Å². The Balaban J connectivity index is 2.66. The predicted molar refractivity (Wildman–Crippen MR) is 68.5 cm³/mol. The first-order valence-electron chi connectivity index (χ1n) is 5.85. The van der Waals surface area contributed by atoms with Crippen molar-refractivity contribution in [3.8, 4) is 11.5 Å². The zero-order valence-corrected chi connectivity index (χ0v) is 11.1. The Morgan fingerprint density at radius 2 is 1.76 bits per heavy atom. The topological polar surface area (TPSA) is 38.7 Å². The van der Waals surface area contributed by atoms with E-state index in [0.717, 1.165) is 11.5 Å². The highest BCUT2D eigenvalue weighted by atomic mass is 16.5. The summed E-state index contributed by atoms with van der Waals surface area (Å²) in [5.41, 5.74) is 0.0246. The van der Waals surface area contributed by atoms with Crippen molar-refractivity contribution in [2.75, 3.05) is 20.3 Å². The van der Waals surface area contributed by atoms with Crippen LogP contribution in [0.1, 0.15) is 20.8 Å². The van der Waals surface area contributed by atoms with E-state index in [1.54, 1.807) is 7.11 Å². The molecule has 1 aromatic rings. The summed E-state index contributed by atoms with van der Waals surface area (Å²) < 4.78 is 10.9. The Bertz CT molecular complexity index is 342. The fourth-order valence-electron chi connectivity index (χ4n) is 1.50. The molecule has 0 aliphatic heterocycles. The number of ether oxygens (including phenoxy) is 2. The Morgan fingerprint density at radius 3 is 2.24 bits per heavy atom. The van der Waals surface area contributed by atoms with Gasteiger partial charge < -0.3 is 14.6 Å². The van der Waals surface area contributed by atoms with E-state index in [4.69, 9.17) is 9.47 Å². The SMILES string of the molecule is COc1ccccc1OCC(CO)C(C)(C)C. The van der Waals surface area contributed by atoms with Crippen LogP contribution in [0.15, 0.2) is 24.3 Å². The van der Waals surface area contributed by atoms with Crippen LogP contribution in [0.25, 0.3) is 0 Å². The van der Waals surface area contributed by atoms with Gasteiger partial charge in [0.05, 0.1) is 13.7 Å². The van der Waals surface area contributed by atoms with E-state index >= 15 is 0 Å². The molecule has 1 unspecified atom stereocenters. The summed E-state index contributed by atoms with van der Waals surface area (Å²) in [7, 11) is 1.62. The molecule has 3 heteroatoms. The van der Waals surface area contributed by atoms with Crippen molar-refractivity contribution in [3.63, 3.8) is 0 Å². The largest absolute Gasteiger partial charge is 0.493 e. The molecular weight excluding hydrogens is 216 g/mol. The molecule has 3 nitrogen and oxygen atoms in total. The maximum Gasteiger partial charge on any atom is 0.161 e. The number of aliphatic hydroxyl groups is 1. The second kappa shape index (κ2) is 5.92. The quantitative estimate of drug-likeness (QED) is 0.857. The van der Waals surface area contributed by atoms with Gasteiger partial charge in [-0.25, -0.2) is 0 Å². The minimum absolute atomic E-state index is 0.0246. The molecule has 1 N–H and O–H groups in total. The van der Waals surface area contributed by atoms with Gasteiger partial charge in [0.2, 0.25) is 0 Å². The second-order valence-electron chi connectivity index (χ2n) is 5.21. The first kappa shape index (κ1) is 13.8. The number of rotatable bonds is 5. The molecule has 17 heavy (non-hydrogen) atoms. The molecule has 0 amide bonds. The molecule has 0 fully saturated rings. The van der Waals surface area contributed by atoms with Gasteiger partial charge in [0.15, 0.2) is 11.5 Å². The molecule has 0 aliphatic rings. The molecule has 1 atom stereocenters. The maximum atomic E-state index is 9.35. The molecule has 0 bridgehead atoms. The number of methoxy groups -OCH3 is 1. The van der Waals surface area contributed by atoms with E-state index in [2.05, 4.69) is 20.8 Å². The molecule has 1 aromatic carbocycles. The minimum Gasteiger partial charge on any atom is -0.493 e. The molecule has 0 aromatic heterocycles. The first-order chi connectivity index (χ1) is 7.99. The van der Waals surface area contributed by atoms with Crippen molar-refractivity contribution in [1.82, 2.24) is 0 Å². The highest BCUT2D eigenvalue weighted by Crippen LogP contribution is 2.30. The normalized spacial score (nSPS) is 13.2. The van der Waals surface area contributed by atoms with Gasteiger partial charge in [-0.3, -0.25) is 0 Å². The molecule has 1 rings (SSSR count). The van der Waals surface area contributed by atoms with Crippen LogP contribution in [0.4, 0.5) is 0 Å².